The van der Waals surface area contributed by atoms with Crippen LogP contribution in [0.1, 0.15) is 33.5 Å². The maximum atomic E-state index is 12.5. The lowest BCUT2D eigenvalue weighted by molar-refractivity contribution is 0.101. The van der Waals surface area contributed by atoms with Gasteiger partial charge in [-0.15, -0.1) is 0 Å². The molecule has 0 aliphatic rings. The van der Waals surface area contributed by atoms with Gasteiger partial charge in [0.15, 0.2) is 5.78 Å². The summed E-state index contributed by atoms with van der Waals surface area (Å²) in [4.78, 5) is 32.8. The molecule has 25 heavy (non-hydrogen) atoms. The van der Waals surface area contributed by atoms with Gasteiger partial charge in [0.1, 0.15) is 5.69 Å². The van der Waals surface area contributed by atoms with Crippen molar-refractivity contribution in [1.29, 1.82) is 0 Å². The summed E-state index contributed by atoms with van der Waals surface area (Å²) in [7, 11) is 0. The summed E-state index contributed by atoms with van der Waals surface area (Å²) in [5.41, 5.74) is 3.38. The molecule has 0 aliphatic heterocycles. The fourth-order valence-electron chi connectivity index (χ4n) is 2.41. The maximum Gasteiger partial charge on any atom is 0.276 e. The first kappa shape index (κ1) is 16.5. The van der Waals surface area contributed by atoms with Crippen LogP contribution in [0.25, 0.3) is 11.3 Å². The number of carbonyl (C=O) groups is 2. The lowest BCUT2D eigenvalue weighted by atomic mass is 10.1. The van der Waals surface area contributed by atoms with Gasteiger partial charge in [-0.1, -0.05) is 36.4 Å². The number of nitrogens with one attached hydrogen (secondary N) is 1. The van der Waals surface area contributed by atoms with Gasteiger partial charge >= 0.3 is 0 Å². The van der Waals surface area contributed by atoms with E-state index in [2.05, 4.69) is 15.3 Å². The largest absolute Gasteiger partial charge is 0.321 e. The minimum Gasteiger partial charge on any atom is -0.321 e. The van der Waals surface area contributed by atoms with Crippen molar-refractivity contribution in [2.24, 2.45) is 0 Å². The van der Waals surface area contributed by atoms with Crippen LogP contribution in [0.3, 0.4) is 0 Å². The van der Waals surface area contributed by atoms with Crippen LogP contribution in [-0.2, 0) is 0 Å². The molecule has 2 aromatic carbocycles. The third kappa shape index (κ3) is 3.77. The Labute approximate surface area is 145 Å². The van der Waals surface area contributed by atoms with Crippen molar-refractivity contribution in [1.82, 2.24) is 9.97 Å². The highest BCUT2D eigenvalue weighted by atomic mass is 16.2. The van der Waals surface area contributed by atoms with Gasteiger partial charge in [0.05, 0.1) is 17.6 Å². The molecule has 1 heterocycles. The summed E-state index contributed by atoms with van der Waals surface area (Å²) < 4.78 is 0. The topological polar surface area (TPSA) is 72.0 Å². The second-order valence-electron chi connectivity index (χ2n) is 5.65. The average molecular weight is 331 g/mol. The molecule has 1 N–H and O–H groups in total. The van der Waals surface area contributed by atoms with E-state index < -0.39 is 0 Å². The summed E-state index contributed by atoms with van der Waals surface area (Å²) in [6.45, 7) is 3.25. The lowest BCUT2D eigenvalue weighted by Gasteiger charge is -2.09. The molecule has 5 nitrogen and oxygen atoms in total. The van der Waals surface area contributed by atoms with Crippen LogP contribution >= 0.6 is 0 Å². The number of nitrogens with zero attached hydrogens (tertiary/aromatic N) is 2. The van der Waals surface area contributed by atoms with Gasteiger partial charge in [-0.3, -0.25) is 14.6 Å². The number of Topliss-reactive ketones (excluding diaryl/α,β-unsaturated/α-hetero) is 1. The first-order valence-corrected chi connectivity index (χ1v) is 7.86. The summed E-state index contributed by atoms with van der Waals surface area (Å²) in [6, 6.07) is 16.3. The molecule has 5 heteroatoms. The van der Waals surface area contributed by atoms with Gasteiger partial charge in [0, 0.05) is 16.8 Å². The Balaban J connectivity index is 1.94. The van der Waals surface area contributed by atoms with Crippen LogP contribution in [0.5, 0.6) is 0 Å². The fraction of sp³-hybridized carbons (Fsp3) is 0.100. The number of aryl methyl sites for hydroxylation is 1. The van der Waals surface area contributed by atoms with E-state index in [1.807, 2.05) is 24.3 Å². The number of para-hydroxylation sites is 1. The second kappa shape index (κ2) is 7.05. The molecule has 0 radical (unpaired) electrons. The van der Waals surface area contributed by atoms with Crippen molar-refractivity contribution in [3.63, 3.8) is 0 Å². The van der Waals surface area contributed by atoms with Crippen LogP contribution < -0.4 is 5.32 Å². The van der Waals surface area contributed by atoms with Crippen LogP contribution in [0.2, 0.25) is 0 Å². The molecule has 0 saturated heterocycles. The van der Waals surface area contributed by atoms with E-state index in [1.54, 1.807) is 43.5 Å². The number of benzene rings is 2. The molecule has 0 bridgehead atoms. The van der Waals surface area contributed by atoms with Crippen molar-refractivity contribution < 1.29 is 9.59 Å². The summed E-state index contributed by atoms with van der Waals surface area (Å²) in [6.07, 6.45) is 1.61. The van der Waals surface area contributed by atoms with Crippen LogP contribution in [-0.4, -0.2) is 21.7 Å². The number of aromatic nitrogens is 2. The number of rotatable bonds is 4. The van der Waals surface area contributed by atoms with Gasteiger partial charge in [-0.25, -0.2) is 4.98 Å². The van der Waals surface area contributed by atoms with E-state index in [9.17, 15) is 9.59 Å². The van der Waals surface area contributed by atoms with Crippen LogP contribution in [0, 0.1) is 6.92 Å². The molecule has 1 amide bonds. The Bertz CT molecular complexity index is 937. The van der Waals surface area contributed by atoms with E-state index in [4.69, 9.17) is 0 Å². The van der Waals surface area contributed by atoms with Gasteiger partial charge < -0.3 is 5.32 Å². The highest BCUT2D eigenvalue weighted by Gasteiger charge is 2.14. The Hall–Kier alpha value is -3.34. The zero-order valence-corrected chi connectivity index (χ0v) is 14.0. The molecular formula is C20H17N3O2. The highest BCUT2D eigenvalue weighted by Crippen LogP contribution is 2.20. The molecule has 1 aromatic heterocycles. The minimum absolute atomic E-state index is 0.0241. The van der Waals surface area contributed by atoms with E-state index in [1.165, 1.54) is 6.92 Å². The zero-order chi connectivity index (χ0) is 17.8. The fourth-order valence-corrected chi connectivity index (χ4v) is 2.41. The van der Waals surface area contributed by atoms with Gasteiger partial charge in [0.2, 0.25) is 0 Å². The number of anilines is 1. The molecule has 0 fully saturated rings. The van der Waals surface area contributed by atoms with Crippen molar-refractivity contribution >= 4 is 17.4 Å². The first-order valence-electron chi connectivity index (χ1n) is 7.86. The molecule has 0 saturated carbocycles. The quantitative estimate of drug-likeness (QED) is 0.736. The summed E-state index contributed by atoms with van der Waals surface area (Å²) >= 11 is 0. The Kier molecular flexibility index (Phi) is 4.66. The van der Waals surface area contributed by atoms with E-state index in [0.29, 0.717) is 22.6 Å². The molecular weight excluding hydrogens is 314 g/mol. The average Bonchev–Trinajstić information content (AvgIpc) is 2.63. The number of amides is 1. The van der Waals surface area contributed by atoms with Gasteiger partial charge in [-0.05, 0) is 32.0 Å². The third-order valence-electron chi connectivity index (χ3n) is 3.77. The van der Waals surface area contributed by atoms with Gasteiger partial charge in [0.25, 0.3) is 5.91 Å². The van der Waals surface area contributed by atoms with Crippen molar-refractivity contribution in [2.45, 2.75) is 13.8 Å². The predicted octanol–water partition coefficient (Wildman–Crippen LogP) is 3.91. The SMILES string of the molecule is CC(=O)c1cccc(-c2cnc(C)c(C(=O)Nc3ccccc3)n2)c1. The minimum atomic E-state index is -0.319. The molecule has 0 unspecified atom stereocenters. The summed E-state index contributed by atoms with van der Waals surface area (Å²) in [5.74, 6) is -0.343. The van der Waals surface area contributed by atoms with Gasteiger partial charge in [-0.2, -0.15) is 0 Å². The van der Waals surface area contributed by atoms with Crippen molar-refractivity contribution in [3.8, 4) is 11.3 Å². The number of carbonyl (C=O) groups excluding carboxylic acids is 2. The van der Waals surface area contributed by atoms with Crippen molar-refractivity contribution in [2.75, 3.05) is 5.32 Å². The predicted molar refractivity (Wildman–Crippen MR) is 96.6 cm³/mol. The second-order valence-corrected chi connectivity index (χ2v) is 5.65. The van der Waals surface area contributed by atoms with E-state index >= 15 is 0 Å². The smallest absolute Gasteiger partial charge is 0.276 e. The zero-order valence-electron chi connectivity index (χ0n) is 14.0. The molecule has 3 rings (SSSR count). The first-order chi connectivity index (χ1) is 12.0. The maximum absolute atomic E-state index is 12.5. The monoisotopic (exact) mass is 331 g/mol. The van der Waals surface area contributed by atoms with E-state index in [0.717, 1.165) is 5.56 Å². The number of ketones is 1. The van der Waals surface area contributed by atoms with Crippen LogP contribution in [0.15, 0.2) is 60.8 Å². The number of hydrogen-bond donors (Lipinski definition) is 1. The van der Waals surface area contributed by atoms with E-state index in [-0.39, 0.29) is 17.4 Å². The Morgan fingerprint density at radius 3 is 2.48 bits per heavy atom. The Morgan fingerprint density at radius 1 is 1.00 bits per heavy atom. The summed E-state index contributed by atoms with van der Waals surface area (Å²) in [5, 5.41) is 2.81. The van der Waals surface area contributed by atoms with Crippen molar-refractivity contribution in [3.05, 3.63) is 77.7 Å². The third-order valence-corrected chi connectivity index (χ3v) is 3.77. The molecule has 0 atom stereocenters. The van der Waals surface area contributed by atoms with Crippen LogP contribution in [0.4, 0.5) is 5.69 Å². The molecule has 3 aromatic rings. The molecule has 0 spiro atoms. The molecule has 124 valence electrons. The number of hydrogen-bond acceptors (Lipinski definition) is 4. The standard InChI is InChI=1S/C20H17N3O2/c1-13-19(20(25)22-17-9-4-3-5-10-17)23-18(12-21-13)16-8-6-7-15(11-16)14(2)24/h3-12H,1-2H3,(H,22,25). The lowest BCUT2D eigenvalue weighted by Crippen LogP contribution is -2.16. The normalized spacial score (nSPS) is 10.3. The highest BCUT2D eigenvalue weighted by molar-refractivity contribution is 6.03. The Morgan fingerprint density at radius 2 is 1.76 bits per heavy atom. The molecule has 0 aliphatic carbocycles.